The number of pyridine rings is 1. The van der Waals surface area contributed by atoms with Crippen molar-refractivity contribution in [3.8, 4) is 0 Å². The van der Waals surface area contributed by atoms with Gasteiger partial charge in [0.25, 0.3) is 5.03 Å². The first-order valence-electron chi connectivity index (χ1n) is 6.77. The van der Waals surface area contributed by atoms with E-state index in [1.807, 2.05) is 24.3 Å². The molecule has 2 rings (SSSR count). The van der Waals surface area contributed by atoms with Gasteiger partial charge >= 0.3 is 0 Å². The molecular weight excluding hydrogens is 284 g/mol. The van der Waals surface area contributed by atoms with E-state index in [9.17, 15) is 10.0 Å². The lowest BCUT2D eigenvalue weighted by Crippen LogP contribution is -2.28. The van der Waals surface area contributed by atoms with Crippen LogP contribution in [0.25, 0.3) is 0 Å². The van der Waals surface area contributed by atoms with Gasteiger partial charge in [-0.25, -0.2) is 0 Å². The lowest BCUT2D eigenvalue weighted by molar-refractivity contribution is -0.645. The molecule has 1 N–H and O–H groups in total. The molecule has 4 nitrogen and oxygen atoms in total. The number of hydrogen-bond acceptors (Lipinski definition) is 3. The van der Waals surface area contributed by atoms with Crippen molar-refractivity contribution >= 4 is 23.4 Å². The maximum Gasteiger partial charge on any atom is 0.251 e. The van der Waals surface area contributed by atoms with E-state index in [4.69, 9.17) is 0 Å². The molecular formula is C16H18N2O2S. The van der Waals surface area contributed by atoms with Crippen LogP contribution in [0, 0.1) is 5.21 Å². The van der Waals surface area contributed by atoms with Gasteiger partial charge in [-0.2, -0.15) is 4.73 Å². The van der Waals surface area contributed by atoms with Crippen LogP contribution in [0.3, 0.4) is 0 Å². The Morgan fingerprint density at radius 1 is 1.24 bits per heavy atom. The Morgan fingerprint density at radius 2 is 1.95 bits per heavy atom. The Balaban J connectivity index is 1.88. The molecule has 0 fully saturated rings. The highest BCUT2D eigenvalue weighted by molar-refractivity contribution is 7.99. The number of aromatic nitrogens is 1. The molecule has 1 aromatic carbocycles. The quantitative estimate of drug-likeness (QED) is 0.524. The van der Waals surface area contributed by atoms with E-state index in [1.54, 1.807) is 18.2 Å². The van der Waals surface area contributed by atoms with Gasteiger partial charge in [0, 0.05) is 17.8 Å². The number of carbonyl (C=O) groups is 1. The van der Waals surface area contributed by atoms with Crippen molar-refractivity contribution < 1.29 is 9.52 Å². The second kappa shape index (κ2) is 7.13. The maximum atomic E-state index is 11.9. The molecule has 0 atom stereocenters. The molecule has 0 saturated heterocycles. The molecule has 1 amide bonds. The minimum Gasteiger partial charge on any atom is -0.618 e. The minimum atomic E-state index is -0.124. The molecule has 0 unspecified atom stereocenters. The minimum absolute atomic E-state index is 0.124. The number of nitrogens with zero attached hydrogens (tertiary/aromatic N) is 1. The van der Waals surface area contributed by atoms with Crippen LogP contribution in [0.15, 0.2) is 53.7 Å². The molecule has 110 valence electrons. The number of anilines is 1. The fourth-order valence-corrected chi connectivity index (χ4v) is 2.53. The smallest absolute Gasteiger partial charge is 0.251 e. The lowest BCUT2D eigenvalue weighted by atomic mass is 10.0. The Kier molecular flexibility index (Phi) is 5.22. The summed E-state index contributed by atoms with van der Waals surface area (Å²) in [6.07, 6.45) is 1.42. The van der Waals surface area contributed by atoms with E-state index >= 15 is 0 Å². The van der Waals surface area contributed by atoms with Crippen LogP contribution in [0.2, 0.25) is 0 Å². The molecule has 5 heteroatoms. The van der Waals surface area contributed by atoms with Gasteiger partial charge in [-0.1, -0.05) is 26.0 Å². The molecule has 2 aromatic rings. The van der Waals surface area contributed by atoms with Gasteiger partial charge < -0.3 is 10.5 Å². The molecule has 0 spiro atoms. The summed E-state index contributed by atoms with van der Waals surface area (Å²) in [5, 5.41) is 14.8. The van der Waals surface area contributed by atoms with E-state index in [1.165, 1.54) is 23.5 Å². The average molecular weight is 302 g/mol. The van der Waals surface area contributed by atoms with Crippen LogP contribution in [-0.2, 0) is 4.79 Å². The summed E-state index contributed by atoms with van der Waals surface area (Å²) in [6.45, 7) is 4.25. The van der Waals surface area contributed by atoms with Crippen LogP contribution in [-0.4, -0.2) is 11.7 Å². The second-order valence-corrected chi connectivity index (χ2v) is 5.97. The topological polar surface area (TPSA) is 56.0 Å². The van der Waals surface area contributed by atoms with Crippen molar-refractivity contribution in [2.75, 3.05) is 11.1 Å². The third kappa shape index (κ3) is 4.49. The Bertz CT molecular complexity index is 612. The highest BCUT2D eigenvalue weighted by Gasteiger charge is 2.09. The fourth-order valence-electron chi connectivity index (χ4n) is 1.81. The van der Waals surface area contributed by atoms with Crippen LogP contribution in [0.5, 0.6) is 0 Å². The second-order valence-electron chi connectivity index (χ2n) is 4.98. The third-order valence-corrected chi connectivity index (χ3v) is 4.02. The normalized spacial score (nSPS) is 10.6. The van der Waals surface area contributed by atoms with Crippen molar-refractivity contribution in [3.63, 3.8) is 0 Å². The first kappa shape index (κ1) is 15.4. The molecule has 0 aliphatic carbocycles. The van der Waals surface area contributed by atoms with Crippen molar-refractivity contribution in [3.05, 3.63) is 59.4 Å². The number of thioether (sulfide) groups is 1. The van der Waals surface area contributed by atoms with Crippen LogP contribution >= 0.6 is 11.8 Å². The van der Waals surface area contributed by atoms with Gasteiger partial charge in [-0.15, -0.1) is 0 Å². The van der Waals surface area contributed by atoms with Gasteiger partial charge in [0.1, 0.15) is 0 Å². The zero-order chi connectivity index (χ0) is 15.2. The summed E-state index contributed by atoms with van der Waals surface area (Å²) in [4.78, 5) is 11.9. The number of hydrogen-bond donors (Lipinski definition) is 1. The van der Waals surface area contributed by atoms with E-state index < -0.39 is 0 Å². The monoisotopic (exact) mass is 302 g/mol. The van der Waals surface area contributed by atoms with Gasteiger partial charge in [0.05, 0.1) is 5.75 Å². The largest absolute Gasteiger partial charge is 0.618 e. The number of rotatable bonds is 5. The van der Waals surface area contributed by atoms with E-state index in [0.717, 1.165) is 10.4 Å². The predicted octanol–water partition coefficient (Wildman–Crippen LogP) is 3.17. The molecule has 1 heterocycles. The average Bonchev–Trinajstić information content (AvgIpc) is 2.47. The molecule has 1 aromatic heterocycles. The standard InChI is InChI=1S/C16H18N2O2S/c1-12(2)13-6-8-14(9-7-13)17-15(19)11-21-16-5-3-4-10-18(16)20/h3-10,12H,11H2,1-2H3,(H,17,19). The van der Waals surface area contributed by atoms with Crippen molar-refractivity contribution in [2.45, 2.75) is 24.8 Å². The third-order valence-electron chi connectivity index (χ3n) is 3.00. The highest BCUT2D eigenvalue weighted by Crippen LogP contribution is 2.18. The zero-order valence-electron chi connectivity index (χ0n) is 12.1. The molecule has 0 radical (unpaired) electrons. The molecule has 0 bridgehead atoms. The van der Waals surface area contributed by atoms with Gasteiger partial charge in [0.2, 0.25) is 5.91 Å². The van der Waals surface area contributed by atoms with Gasteiger partial charge in [0.15, 0.2) is 6.20 Å². The number of carbonyl (C=O) groups excluding carboxylic acids is 1. The zero-order valence-corrected chi connectivity index (χ0v) is 12.9. The summed E-state index contributed by atoms with van der Waals surface area (Å²) in [6, 6.07) is 12.9. The summed E-state index contributed by atoms with van der Waals surface area (Å²) in [5.74, 6) is 0.551. The summed E-state index contributed by atoms with van der Waals surface area (Å²) >= 11 is 1.22. The maximum absolute atomic E-state index is 11.9. The SMILES string of the molecule is CC(C)c1ccc(NC(=O)CSc2cccc[n+]2[O-])cc1. The van der Waals surface area contributed by atoms with Crippen LogP contribution in [0.1, 0.15) is 25.3 Å². The molecule has 21 heavy (non-hydrogen) atoms. The first-order chi connectivity index (χ1) is 10.1. The Labute approximate surface area is 128 Å². The highest BCUT2D eigenvalue weighted by atomic mass is 32.2. The van der Waals surface area contributed by atoms with E-state index in [0.29, 0.717) is 10.9 Å². The predicted molar refractivity (Wildman–Crippen MR) is 85.3 cm³/mol. The van der Waals surface area contributed by atoms with Gasteiger partial charge in [-0.05, 0) is 41.4 Å². The fraction of sp³-hybridized carbons (Fsp3) is 0.250. The van der Waals surface area contributed by atoms with Crippen LogP contribution < -0.4 is 10.0 Å². The molecule has 0 aliphatic rings. The Hall–Kier alpha value is -2.01. The number of amides is 1. The van der Waals surface area contributed by atoms with Crippen molar-refractivity contribution in [2.24, 2.45) is 0 Å². The lowest BCUT2D eigenvalue weighted by Gasteiger charge is -2.08. The summed E-state index contributed by atoms with van der Waals surface area (Å²) < 4.78 is 0.759. The first-order valence-corrected chi connectivity index (χ1v) is 7.75. The van der Waals surface area contributed by atoms with Gasteiger partial charge in [-0.3, -0.25) is 4.79 Å². The summed E-state index contributed by atoms with van der Waals surface area (Å²) in [5.41, 5.74) is 2.01. The van der Waals surface area contributed by atoms with Crippen molar-refractivity contribution in [1.82, 2.24) is 0 Å². The Morgan fingerprint density at radius 3 is 2.57 bits per heavy atom. The molecule has 0 aliphatic heterocycles. The molecule has 0 saturated carbocycles. The van der Waals surface area contributed by atoms with Crippen molar-refractivity contribution in [1.29, 1.82) is 0 Å². The number of benzene rings is 1. The van der Waals surface area contributed by atoms with E-state index in [2.05, 4.69) is 19.2 Å². The summed E-state index contributed by atoms with van der Waals surface area (Å²) in [7, 11) is 0. The van der Waals surface area contributed by atoms with E-state index in [-0.39, 0.29) is 11.7 Å². The van der Waals surface area contributed by atoms with Crippen LogP contribution in [0.4, 0.5) is 5.69 Å². The number of nitrogens with one attached hydrogen (secondary N) is 1.